The number of nitrogens with two attached hydrogens (primary N) is 1. The molecule has 1 aliphatic heterocycles. The maximum Gasteiger partial charge on any atom is 0.255 e. The number of hydrogen-bond donors (Lipinski definition) is 1. The fourth-order valence-electron chi connectivity index (χ4n) is 1.56. The van der Waals surface area contributed by atoms with Crippen molar-refractivity contribution in [3.8, 4) is 0 Å². The highest BCUT2D eigenvalue weighted by molar-refractivity contribution is 7.99. The average molecular weight is 258 g/mol. The summed E-state index contributed by atoms with van der Waals surface area (Å²) in [6, 6.07) is 1.53. The van der Waals surface area contributed by atoms with E-state index in [1.165, 1.54) is 12.3 Å². The predicted octanol–water partition coefficient (Wildman–Crippen LogP) is 1.51. The molecule has 0 unspecified atom stereocenters. The molecule has 1 aromatic heterocycles. The number of thioether (sulfide) groups is 1. The molecule has 2 rings (SSSR count). The number of carbonyl (C=O) groups excluding carboxylic acids is 1. The van der Waals surface area contributed by atoms with Gasteiger partial charge in [-0.2, -0.15) is 11.8 Å². The lowest BCUT2D eigenvalue weighted by atomic mass is 10.2. The van der Waals surface area contributed by atoms with Gasteiger partial charge in [0.2, 0.25) is 0 Å². The summed E-state index contributed by atoms with van der Waals surface area (Å²) in [5.41, 5.74) is 6.00. The zero-order valence-electron chi connectivity index (χ0n) is 8.65. The second kappa shape index (κ2) is 4.93. The lowest BCUT2D eigenvalue weighted by molar-refractivity contribution is 0.0772. The van der Waals surface area contributed by atoms with E-state index in [9.17, 15) is 4.79 Å². The van der Waals surface area contributed by atoms with Crippen molar-refractivity contribution in [1.29, 1.82) is 0 Å². The maximum absolute atomic E-state index is 12.1. The molecular formula is C10H12ClN3OS. The van der Waals surface area contributed by atoms with Crippen LogP contribution in [0.25, 0.3) is 0 Å². The van der Waals surface area contributed by atoms with Crippen LogP contribution in [-0.4, -0.2) is 40.4 Å². The fraction of sp³-hybridized carbons (Fsp3) is 0.400. The van der Waals surface area contributed by atoms with Gasteiger partial charge in [0, 0.05) is 30.8 Å². The molecule has 1 aromatic rings. The number of aromatic nitrogens is 1. The standard InChI is InChI=1S/C10H12ClN3OS/c11-8-6-13-9(12)5-7(8)10(15)14-1-3-16-4-2-14/h5-6H,1-4H2,(H2,12,13). The van der Waals surface area contributed by atoms with Gasteiger partial charge in [-0.05, 0) is 6.07 Å². The van der Waals surface area contributed by atoms with Gasteiger partial charge in [-0.25, -0.2) is 4.98 Å². The Morgan fingerprint density at radius 2 is 2.19 bits per heavy atom. The van der Waals surface area contributed by atoms with Gasteiger partial charge in [-0.15, -0.1) is 0 Å². The zero-order valence-corrected chi connectivity index (χ0v) is 10.2. The summed E-state index contributed by atoms with van der Waals surface area (Å²) in [5, 5.41) is 0.359. The fourth-order valence-corrected chi connectivity index (χ4v) is 2.64. The topological polar surface area (TPSA) is 59.2 Å². The number of nitrogen functional groups attached to an aromatic ring is 1. The van der Waals surface area contributed by atoms with E-state index in [4.69, 9.17) is 17.3 Å². The zero-order chi connectivity index (χ0) is 11.5. The normalized spacial score (nSPS) is 16.2. The summed E-state index contributed by atoms with van der Waals surface area (Å²) in [6.45, 7) is 1.53. The van der Waals surface area contributed by atoms with Gasteiger partial charge in [-0.1, -0.05) is 11.6 Å². The molecular weight excluding hydrogens is 246 g/mol. The number of rotatable bonds is 1. The molecule has 1 amide bonds. The van der Waals surface area contributed by atoms with Gasteiger partial charge in [0.15, 0.2) is 0 Å². The summed E-state index contributed by atoms with van der Waals surface area (Å²) in [7, 11) is 0. The number of anilines is 1. The lowest BCUT2D eigenvalue weighted by Crippen LogP contribution is -2.38. The number of carbonyl (C=O) groups is 1. The monoisotopic (exact) mass is 257 g/mol. The van der Waals surface area contributed by atoms with Gasteiger partial charge in [-0.3, -0.25) is 4.79 Å². The predicted molar refractivity (Wildman–Crippen MR) is 66.9 cm³/mol. The summed E-state index contributed by atoms with van der Waals surface area (Å²) >= 11 is 7.79. The maximum atomic E-state index is 12.1. The van der Waals surface area contributed by atoms with Crippen LogP contribution in [0.5, 0.6) is 0 Å². The Kier molecular flexibility index (Phi) is 3.56. The first kappa shape index (κ1) is 11.5. The van der Waals surface area contributed by atoms with Gasteiger partial charge in [0.05, 0.1) is 10.6 Å². The minimum absolute atomic E-state index is 0.0561. The van der Waals surface area contributed by atoms with E-state index in [2.05, 4.69) is 4.98 Å². The van der Waals surface area contributed by atoms with Crippen molar-refractivity contribution >= 4 is 35.1 Å². The van der Waals surface area contributed by atoms with Crippen molar-refractivity contribution in [3.05, 3.63) is 22.8 Å². The van der Waals surface area contributed by atoms with E-state index in [0.29, 0.717) is 16.4 Å². The summed E-state index contributed by atoms with van der Waals surface area (Å²) in [4.78, 5) is 17.8. The Hall–Kier alpha value is -0.940. The van der Waals surface area contributed by atoms with Crippen LogP contribution in [0.3, 0.4) is 0 Å². The second-order valence-electron chi connectivity index (χ2n) is 3.49. The van der Waals surface area contributed by atoms with Crippen molar-refractivity contribution in [1.82, 2.24) is 9.88 Å². The van der Waals surface area contributed by atoms with Crippen LogP contribution in [0.4, 0.5) is 5.82 Å². The first-order valence-electron chi connectivity index (χ1n) is 4.96. The third-order valence-electron chi connectivity index (χ3n) is 2.41. The molecule has 0 spiro atoms. The van der Waals surface area contributed by atoms with E-state index in [-0.39, 0.29) is 5.91 Å². The summed E-state index contributed by atoms with van der Waals surface area (Å²) in [5.74, 6) is 2.21. The third kappa shape index (κ3) is 2.41. The first-order chi connectivity index (χ1) is 7.68. The van der Waals surface area contributed by atoms with Gasteiger partial charge in [0.25, 0.3) is 5.91 Å². The van der Waals surface area contributed by atoms with Crippen molar-refractivity contribution in [3.63, 3.8) is 0 Å². The smallest absolute Gasteiger partial charge is 0.255 e. The molecule has 1 fully saturated rings. The molecule has 4 nitrogen and oxygen atoms in total. The van der Waals surface area contributed by atoms with E-state index in [1.807, 2.05) is 11.8 Å². The highest BCUT2D eigenvalue weighted by atomic mass is 35.5. The number of halogens is 1. The van der Waals surface area contributed by atoms with Gasteiger partial charge in [0.1, 0.15) is 5.82 Å². The quantitative estimate of drug-likeness (QED) is 0.829. The van der Waals surface area contributed by atoms with E-state index in [0.717, 1.165) is 24.6 Å². The minimum atomic E-state index is -0.0561. The van der Waals surface area contributed by atoms with Crippen LogP contribution in [0.2, 0.25) is 5.02 Å². The van der Waals surface area contributed by atoms with Crippen LogP contribution in [0, 0.1) is 0 Å². The molecule has 2 N–H and O–H groups in total. The molecule has 0 saturated carbocycles. The van der Waals surface area contributed by atoms with Crippen molar-refractivity contribution in [2.24, 2.45) is 0 Å². The Morgan fingerprint density at radius 1 is 1.50 bits per heavy atom. The number of pyridine rings is 1. The first-order valence-corrected chi connectivity index (χ1v) is 6.50. The van der Waals surface area contributed by atoms with Gasteiger partial charge < -0.3 is 10.6 Å². The molecule has 16 heavy (non-hydrogen) atoms. The Balaban J connectivity index is 2.22. The highest BCUT2D eigenvalue weighted by Crippen LogP contribution is 2.20. The van der Waals surface area contributed by atoms with E-state index < -0.39 is 0 Å². The molecule has 0 aliphatic carbocycles. The Bertz CT molecular complexity index is 407. The molecule has 1 aliphatic rings. The number of nitrogens with zero attached hydrogens (tertiary/aromatic N) is 2. The molecule has 1 saturated heterocycles. The van der Waals surface area contributed by atoms with Crippen LogP contribution < -0.4 is 5.73 Å². The summed E-state index contributed by atoms with van der Waals surface area (Å²) < 4.78 is 0. The lowest BCUT2D eigenvalue weighted by Gasteiger charge is -2.26. The van der Waals surface area contributed by atoms with E-state index in [1.54, 1.807) is 4.90 Å². The largest absolute Gasteiger partial charge is 0.384 e. The highest BCUT2D eigenvalue weighted by Gasteiger charge is 2.20. The minimum Gasteiger partial charge on any atom is -0.384 e. The van der Waals surface area contributed by atoms with Crippen molar-refractivity contribution in [2.75, 3.05) is 30.3 Å². The molecule has 0 radical (unpaired) electrons. The average Bonchev–Trinajstić information content (AvgIpc) is 2.32. The number of hydrogen-bond acceptors (Lipinski definition) is 4. The molecule has 0 aromatic carbocycles. The second-order valence-corrected chi connectivity index (χ2v) is 5.13. The summed E-state index contributed by atoms with van der Waals surface area (Å²) in [6.07, 6.45) is 1.42. The third-order valence-corrected chi connectivity index (χ3v) is 3.65. The van der Waals surface area contributed by atoms with Crippen LogP contribution in [-0.2, 0) is 0 Å². The SMILES string of the molecule is Nc1cc(C(=O)N2CCSCC2)c(Cl)cn1. The molecule has 2 heterocycles. The molecule has 0 bridgehead atoms. The van der Waals surface area contributed by atoms with Crippen LogP contribution in [0.1, 0.15) is 10.4 Å². The Labute approximate surface area is 103 Å². The molecule has 0 atom stereocenters. The van der Waals surface area contributed by atoms with Crippen molar-refractivity contribution < 1.29 is 4.79 Å². The molecule has 86 valence electrons. The van der Waals surface area contributed by atoms with Crippen molar-refractivity contribution in [2.45, 2.75) is 0 Å². The van der Waals surface area contributed by atoms with E-state index >= 15 is 0 Å². The Morgan fingerprint density at radius 3 is 2.88 bits per heavy atom. The van der Waals surface area contributed by atoms with Gasteiger partial charge >= 0.3 is 0 Å². The van der Waals surface area contributed by atoms with Crippen LogP contribution in [0.15, 0.2) is 12.3 Å². The number of amides is 1. The van der Waals surface area contributed by atoms with Crippen LogP contribution >= 0.6 is 23.4 Å². The molecule has 6 heteroatoms.